The van der Waals surface area contributed by atoms with Crippen LogP contribution in [0.1, 0.15) is 79.1 Å². The van der Waals surface area contributed by atoms with Gasteiger partial charge in [0.2, 0.25) is 11.3 Å². The van der Waals surface area contributed by atoms with Crippen LogP contribution in [0.2, 0.25) is 0 Å². The Morgan fingerprint density at radius 1 is 0.600 bits per heavy atom. The summed E-state index contributed by atoms with van der Waals surface area (Å²) in [7, 11) is 0. The molecule has 0 spiro atoms. The van der Waals surface area contributed by atoms with Gasteiger partial charge >= 0.3 is 33.5 Å². The third-order valence-corrected chi connectivity index (χ3v) is 6.31. The smallest absolute Gasteiger partial charge is 0.333 e. The van der Waals surface area contributed by atoms with Crippen LogP contribution >= 0.6 is 0 Å². The molecule has 0 fully saturated rings. The number of hydrogen-bond acceptors (Lipinski definition) is 6. The Morgan fingerprint density at radius 2 is 0.914 bits per heavy atom. The molecule has 0 unspecified atom stereocenters. The number of aromatic nitrogens is 6. The molecule has 3 rings (SSSR count). The predicted molar refractivity (Wildman–Crippen MR) is 135 cm³/mol. The minimum absolute atomic E-state index is 0.0842. The summed E-state index contributed by atoms with van der Waals surface area (Å²) in [4.78, 5) is 57.7. The molecular weight excluding hydrogens is 452 g/mol. The predicted octanol–water partition coefficient (Wildman–Crippen LogP) is 1.87. The van der Waals surface area contributed by atoms with Crippen molar-refractivity contribution in [3.63, 3.8) is 0 Å². The second-order valence-electron chi connectivity index (χ2n) is 8.95. The topological polar surface area (TPSA) is 128 Å². The molecule has 0 saturated carbocycles. The van der Waals surface area contributed by atoms with E-state index in [0.29, 0.717) is 30.4 Å². The zero-order valence-electron chi connectivity index (χ0n) is 21.2. The van der Waals surface area contributed by atoms with Crippen LogP contribution in [0.15, 0.2) is 19.2 Å². The summed E-state index contributed by atoms with van der Waals surface area (Å²) in [6, 6.07) is 0. The molecule has 0 N–H and O–H groups in total. The van der Waals surface area contributed by atoms with Gasteiger partial charge in [0.1, 0.15) is 0 Å². The molecule has 0 aliphatic carbocycles. The third kappa shape index (κ3) is 4.81. The highest BCUT2D eigenvalue weighted by molar-refractivity contribution is 5.76. The molecule has 0 aliphatic rings. The molecule has 3 aromatic heterocycles. The molecule has 0 aromatic carbocycles. The molecule has 3 heterocycles. The fourth-order valence-electron chi connectivity index (χ4n) is 4.21. The molecule has 11 nitrogen and oxygen atoms in total. The van der Waals surface area contributed by atoms with Crippen molar-refractivity contribution in [3.05, 3.63) is 46.9 Å². The number of fused-ring (bicyclic) bond motifs is 2. The van der Waals surface area contributed by atoms with Gasteiger partial charge in [0.25, 0.3) is 0 Å². The normalized spacial score (nSPS) is 11.7. The number of unbranched alkanes of at least 4 members (excludes halogenated alkanes) is 4. The van der Waals surface area contributed by atoms with Crippen LogP contribution in [0.25, 0.3) is 22.3 Å². The van der Waals surface area contributed by atoms with Crippen LogP contribution in [0.5, 0.6) is 0 Å². The van der Waals surface area contributed by atoms with E-state index in [0.717, 1.165) is 34.8 Å². The molecule has 11 heteroatoms. The molecule has 0 radical (unpaired) electrons. The van der Waals surface area contributed by atoms with Crippen molar-refractivity contribution in [1.82, 2.24) is 23.3 Å². The largest absolute Gasteiger partial charge is 0.617 e. The summed E-state index contributed by atoms with van der Waals surface area (Å²) < 4.78 is 5.09. The molecule has 35 heavy (non-hydrogen) atoms. The molecule has 0 amide bonds. The van der Waals surface area contributed by atoms with Crippen molar-refractivity contribution in [2.75, 3.05) is 0 Å². The lowest BCUT2D eigenvalue weighted by Crippen LogP contribution is -2.50. The van der Waals surface area contributed by atoms with Gasteiger partial charge in [-0.25, -0.2) is 9.59 Å². The zero-order chi connectivity index (χ0) is 25.7. The van der Waals surface area contributed by atoms with E-state index < -0.39 is 22.5 Å². The van der Waals surface area contributed by atoms with Crippen LogP contribution in [0.4, 0.5) is 0 Å². The Bertz CT molecular complexity index is 1340. The van der Waals surface area contributed by atoms with Gasteiger partial charge < -0.3 is 5.21 Å². The van der Waals surface area contributed by atoms with E-state index in [4.69, 9.17) is 0 Å². The van der Waals surface area contributed by atoms with Gasteiger partial charge in [0.15, 0.2) is 0 Å². The Kier molecular flexibility index (Phi) is 8.63. The Morgan fingerprint density at radius 3 is 1.23 bits per heavy atom. The van der Waals surface area contributed by atoms with Gasteiger partial charge in [-0.15, -0.1) is 4.73 Å². The van der Waals surface area contributed by atoms with Crippen molar-refractivity contribution >= 4 is 22.3 Å². The molecule has 0 saturated heterocycles. The average Bonchev–Trinajstić information content (AvgIpc) is 2.83. The quantitative estimate of drug-likeness (QED) is 0.217. The van der Waals surface area contributed by atoms with Crippen molar-refractivity contribution in [2.24, 2.45) is 0 Å². The summed E-state index contributed by atoms with van der Waals surface area (Å²) in [6.07, 6.45) is 5.56. The lowest BCUT2D eigenvalue weighted by Gasteiger charge is -2.16. The summed E-state index contributed by atoms with van der Waals surface area (Å²) in [6.45, 7) is 8.71. The Balaban J connectivity index is 2.55. The Hall–Kier alpha value is -3.24. The molecule has 3 aromatic rings. The first-order chi connectivity index (χ1) is 16.8. The summed E-state index contributed by atoms with van der Waals surface area (Å²) >= 11 is 0. The van der Waals surface area contributed by atoms with Gasteiger partial charge in [0.05, 0.1) is 0 Å². The maximum atomic E-state index is 13.7. The zero-order valence-corrected chi connectivity index (χ0v) is 21.2. The minimum atomic E-state index is -0.763. The third-order valence-electron chi connectivity index (χ3n) is 6.31. The molecule has 192 valence electrons. The number of hydrogen-bond donors (Lipinski definition) is 0. The molecule has 0 bridgehead atoms. The lowest BCUT2D eigenvalue weighted by molar-refractivity contribution is -0.550. The van der Waals surface area contributed by atoms with Gasteiger partial charge in [-0.2, -0.15) is 4.98 Å². The van der Waals surface area contributed by atoms with Gasteiger partial charge in [-0.05, 0) is 25.7 Å². The highest BCUT2D eigenvalue weighted by Gasteiger charge is 2.28. The van der Waals surface area contributed by atoms with Crippen LogP contribution in [0.3, 0.4) is 0 Å². The van der Waals surface area contributed by atoms with E-state index in [9.17, 15) is 24.4 Å². The fourth-order valence-corrected chi connectivity index (χ4v) is 4.21. The monoisotopic (exact) mass is 488 g/mol. The minimum Gasteiger partial charge on any atom is -0.617 e. The Labute approximate surface area is 202 Å². The van der Waals surface area contributed by atoms with Crippen LogP contribution < -0.4 is 27.2 Å². The van der Waals surface area contributed by atoms with Crippen LogP contribution in [-0.2, 0) is 26.2 Å². The maximum Gasteiger partial charge on any atom is 0.333 e. The highest BCUT2D eigenvalue weighted by Crippen LogP contribution is 2.10. The second-order valence-corrected chi connectivity index (χ2v) is 8.95. The standard InChI is InChI=1S/C24H36N6O5/c1-5-9-13-26-19-17(21(31)28(23(26)33)15-11-7-3)30(35)18-20(25-19)27(14-10-6-2)24(34)29(22(18)32)16-12-8-4/h5-16H2,1-4H3. The SMILES string of the molecule is CCCCn1c(=O)c2c(nc3c(c(=O)n(CCCC)c(=O)n3CCCC)[n+]2[O-])n(CCCC)c1=O. The summed E-state index contributed by atoms with van der Waals surface area (Å²) in [5.74, 6) is 0. The highest BCUT2D eigenvalue weighted by atomic mass is 16.5. The van der Waals surface area contributed by atoms with Crippen LogP contribution in [0, 0.1) is 5.21 Å². The summed E-state index contributed by atoms with van der Waals surface area (Å²) in [5, 5.41) is 13.7. The van der Waals surface area contributed by atoms with Gasteiger partial charge in [-0.3, -0.25) is 27.9 Å². The van der Waals surface area contributed by atoms with E-state index in [1.165, 1.54) is 9.13 Å². The fraction of sp³-hybridized carbons (Fsp3) is 0.667. The lowest BCUT2D eigenvalue weighted by atomic mass is 10.3. The summed E-state index contributed by atoms with van der Waals surface area (Å²) in [5.41, 5.74) is -3.45. The van der Waals surface area contributed by atoms with Crippen molar-refractivity contribution < 1.29 is 4.73 Å². The maximum absolute atomic E-state index is 13.7. The first-order valence-electron chi connectivity index (χ1n) is 12.8. The average molecular weight is 489 g/mol. The number of nitrogens with zero attached hydrogens (tertiary/aromatic N) is 6. The van der Waals surface area contributed by atoms with Crippen LogP contribution in [-0.4, -0.2) is 23.3 Å². The van der Waals surface area contributed by atoms with Crippen molar-refractivity contribution in [3.8, 4) is 0 Å². The van der Waals surface area contributed by atoms with Crippen molar-refractivity contribution in [2.45, 2.75) is 105 Å². The van der Waals surface area contributed by atoms with E-state index in [-0.39, 0.29) is 48.5 Å². The first-order valence-corrected chi connectivity index (χ1v) is 12.8. The molecule has 0 aliphatic heterocycles. The van der Waals surface area contributed by atoms with Crippen molar-refractivity contribution in [1.29, 1.82) is 0 Å². The van der Waals surface area contributed by atoms with E-state index >= 15 is 0 Å². The molecule has 0 atom stereocenters. The van der Waals surface area contributed by atoms with E-state index in [2.05, 4.69) is 4.98 Å². The first kappa shape index (κ1) is 26.4. The van der Waals surface area contributed by atoms with Gasteiger partial charge in [0, 0.05) is 26.2 Å². The number of rotatable bonds is 12. The van der Waals surface area contributed by atoms with Gasteiger partial charge in [-0.1, -0.05) is 53.4 Å². The number of aryl methyl sites for hydroxylation is 2. The second kappa shape index (κ2) is 11.5. The van der Waals surface area contributed by atoms with E-state index in [1.54, 1.807) is 0 Å². The molecular formula is C24H36N6O5. The van der Waals surface area contributed by atoms with E-state index in [1.807, 2.05) is 27.7 Å².